The second kappa shape index (κ2) is 9.95. The Kier molecular flexibility index (Phi) is 7.24. The Balaban J connectivity index is 1.66. The fraction of sp³-hybridized carbons (Fsp3) is 0.500. The van der Waals surface area contributed by atoms with Crippen molar-refractivity contribution in [2.75, 3.05) is 19.8 Å². The summed E-state index contributed by atoms with van der Waals surface area (Å²) in [5, 5.41) is 41.1. The highest BCUT2D eigenvalue weighted by atomic mass is 35.5. The predicted molar refractivity (Wildman–Crippen MR) is 118 cm³/mol. The molecule has 2 aliphatic rings. The van der Waals surface area contributed by atoms with Gasteiger partial charge in [0.1, 0.15) is 42.0 Å². The molecule has 0 spiro atoms. The van der Waals surface area contributed by atoms with Crippen LogP contribution in [0.2, 0.25) is 5.02 Å². The lowest BCUT2D eigenvalue weighted by Gasteiger charge is -2.40. The molecule has 32 heavy (non-hydrogen) atoms. The number of benzene rings is 2. The van der Waals surface area contributed by atoms with Gasteiger partial charge in [0.25, 0.3) is 0 Å². The smallest absolute Gasteiger partial charge is 0.141 e. The first kappa shape index (κ1) is 23.3. The minimum absolute atomic E-state index is 0.451. The van der Waals surface area contributed by atoms with Gasteiger partial charge in [-0.25, -0.2) is 0 Å². The van der Waals surface area contributed by atoms with E-state index in [9.17, 15) is 20.4 Å². The van der Waals surface area contributed by atoms with Gasteiger partial charge in [0, 0.05) is 12.0 Å². The molecule has 4 N–H and O–H groups in total. The molecule has 2 aromatic carbocycles. The minimum atomic E-state index is -1.45. The SMILES string of the molecule is CCCOc1ccc(Cc2cc([C@@H]3O[C@H](CO)[C@@H](O)[C@H](O)[C@H]3O)c3c(c2Cl)OCC3)cc1. The number of aliphatic hydroxyl groups is 4. The van der Waals surface area contributed by atoms with Gasteiger partial charge in [-0.3, -0.25) is 0 Å². The van der Waals surface area contributed by atoms with Crippen molar-refractivity contribution in [2.24, 2.45) is 0 Å². The summed E-state index contributed by atoms with van der Waals surface area (Å²) in [6, 6.07) is 9.65. The molecular formula is C24H29ClO7. The zero-order chi connectivity index (χ0) is 22.8. The van der Waals surface area contributed by atoms with E-state index >= 15 is 0 Å². The van der Waals surface area contributed by atoms with E-state index in [0.717, 1.165) is 28.9 Å². The number of fused-ring (bicyclic) bond motifs is 1. The Morgan fingerprint density at radius 1 is 1.09 bits per heavy atom. The first-order chi connectivity index (χ1) is 15.4. The van der Waals surface area contributed by atoms with Crippen molar-refractivity contribution in [3.63, 3.8) is 0 Å². The van der Waals surface area contributed by atoms with Crippen molar-refractivity contribution >= 4 is 11.6 Å². The Bertz CT molecular complexity index is 931. The molecule has 0 aromatic heterocycles. The standard InChI is InChI=1S/C24H29ClO7/c1-2-8-30-15-5-3-13(4-6-15)10-14-11-17(16-7-9-31-23(16)19(14)25)24-22(29)21(28)20(27)18(12-26)32-24/h3-6,11,18,20-22,24,26-29H,2,7-10,12H2,1H3/t18-,20-,21+,22-,24+/m1/s1. The highest BCUT2D eigenvalue weighted by Crippen LogP contribution is 2.44. The van der Waals surface area contributed by atoms with Crippen molar-refractivity contribution < 1.29 is 34.6 Å². The second-order valence-electron chi connectivity index (χ2n) is 8.26. The zero-order valence-electron chi connectivity index (χ0n) is 17.9. The normalized spacial score (nSPS) is 27.1. The summed E-state index contributed by atoms with van der Waals surface area (Å²) >= 11 is 6.68. The van der Waals surface area contributed by atoms with Crippen molar-refractivity contribution in [2.45, 2.75) is 56.7 Å². The van der Waals surface area contributed by atoms with Gasteiger partial charge in [0.15, 0.2) is 0 Å². The van der Waals surface area contributed by atoms with Crippen molar-refractivity contribution in [3.8, 4) is 11.5 Å². The molecule has 2 aromatic rings. The topological polar surface area (TPSA) is 109 Å². The van der Waals surface area contributed by atoms with Crippen molar-refractivity contribution in [1.29, 1.82) is 0 Å². The molecule has 7 nitrogen and oxygen atoms in total. The lowest BCUT2D eigenvalue weighted by Crippen LogP contribution is -2.55. The van der Waals surface area contributed by atoms with E-state index in [4.69, 9.17) is 25.8 Å². The third kappa shape index (κ3) is 4.46. The summed E-state index contributed by atoms with van der Waals surface area (Å²) < 4.78 is 17.2. The summed E-state index contributed by atoms with van der Waals surface area (Å²) in [5.74, 6) is 1.36. The molecule has 1 fully saturated rings. The number of rotatable bonds is 7. The maximum Gasteiger partial charge on any atom is 0.141 e. The van der Waals surface area contributed by atoms with Gasteiger partial charge in [-0.05, 0) is 41.7 Å². The average Bonchev–Trinajstić information content (AvgIpc) is 3.30. The second-order valence-corrected chi connectivity index (χ2v) is 8.64. The van der Waals surface area contributed by atoms with Crippen LogP contribution in [0.3, 0.4) is 0 Å². The highest BCUT2D eigenvalue weighted by Gasteiger charge is 2.45. The first-order valence-corrected chi connectivity index (χ1v) is 11.3. The largest absolute Gasteiger partial charge is 0.494 e. The van der Waals surface area contributed by atoms with Gasteiger partial charge in [-0.1, -0.05) is 36.7 Å². The molecule has 174 valence electrons. The quantitative estimate of drug-likeness (QED) is 0.497. The summed E-state index contributed by atoms with van der Waals surface area (Å²) in [7, 11) is 0. The number of hydrogen-bond donors (Lipinski definition) is 4. The van der Waals surface area contributed by atoms with Gasteiger partial charge < -0.3 is 34.6 Å². The van der Waals surface area contributed by atoms with Gasteiger partial charge in [-0.2, -0.15) is 0 Å². The van der Waals surface area contributed by atoms with Crippen LogP contribution in [0.4, 0.5) is 0 Å². The molecule has 8 heteroatoms. The average molecular weight is 465 g/mol. The van der Waals surface area contributed by atoms with Crippen LogP contribution in [0.25, 0.3) is 0 Å². The van der Waals surface area contributed by atoms with Crippen LogP contribution < -0.4 is 9.47 Å². The fourth-order valence-electron chi connectivity index (χ4n) is 4.30. The summed E-state index contributed by atoms with van der Waals surface area (Å²) in [6.45, 7) is 2.69. The van der Waals surface area contributed by atoms with Crippen LogP contribution in [0.5, 0.6) is 11.5 Å². The van der Waals surface area contributed by atoms with E-state index in [0.29, 0.717) is 42.4 Å². The molecule has 2 aliphatic heterocycles. The number of hydrogen-bond acceptors (Lipinski definition) is 7. The maximum atomic E-state index is 10.7. The van der Waals surface area contributed by atoms with Gasteiger partial charge in [-0.15, -0.1) is 0 Å². The van der Waals surface area contributed by atoms with Crippen molar-refractivity contribution in [1.82, 2.24) is 0 Å². The first-order valence-electron chi connectivity index (χ1n) is 10.9. The van der Waals surface area contributed by atoms with Crippen LogP contribution in [0.15, 0.2) is 30.3 Å². The molecular weight excluding hydrogens is 436 g/mol. The van der Waals surface area contributed by atoms with Crippen LogP contribution in [-0.2, 0) is 17.6 Å². The third-order valence-corrected chi connectivity index (χ3v) is 6.44. The minimum Gasteiger partial charge on any atom is -0.494 e. The number of ether oxygens (including phenoxy) is 3. The van der Waals surface area contributed by atoms with E-state index in [1.54, 1.807) is 0 Å². The molecule has 5 atom stereocenters. The van der Waals surface area contributed by atoms with Crippen LogP contribution in [-0.4, -0.2) is 64.7 Å². The molecule has 0 radical (unpaired) electrons. The monoisotopic (exact) mass is 464 g/mol. The van der Waals surface area contributed by atoms with Crippen LogP contribution >= 0.6 is 11.6 Å². The van der Waals surface area contributed by atoms with Gasteiger partial charge >= 0.3 is 0 Å². The Morgan fingerprint density at radius 2 is 1.84 bits per heavy atom. The molecule has 0 unspecified atom stereocenters. The molecule has 4 rings (SSSR count). The Labute approximate surface area is 192 Å². The summed E-state index contributed by atoms with van der Waals surface area (Å²) in [4.78, 5) is 0. The third-order valence-electron chi connectivity index (χ3n) is 6.02. The Morgan fingerprint density at radius 3 is 2.53 bits per heavy atom. The van der Waals surface area contributed by atoms with Crippen molar-refractivity contribution in [3.05, 3.63) is 57.6 Å². The number of aliphatic hydroxyl groups excluding tert-OH is 4. The van der Waals surface area contributed by atoms with E-state index in [2.05, 4.69) is 6.92 Å². The zero-order valence-corrected chi connectivity index (χ0v) is 18.7. The Hall–Kier alpha value is -1.87. The maximum absolute atomic E-state index is 10.7. The molecule has 0 saturated carbocycles. The van der Waals surface area contributed by atoms with E-state index in [1.165, 1.54) is 0 Å². The molecule has 0 aliphatic carbocycles. The van der Waals surface area contributed by atoms with Crippen LogP contribution in [0.1, 0.15) is 41.7 Å². The van der Waals surface area contributed by atoms with E-state index in [1.807, 2.05) is 30.3 Å². The molecule has 1 saturated heterocycles. The van der Waals surface area contributed by atoms with Crippen LogP contribution in [0, 0.1) is 0 Å². The predicted octanol–water partition coefficient (Wildman–Crippen LogP) is 2.17. The fourth-order valence-corrected chi connectivity index (χ4v) is 4.59. The lowest BCUT2D eigenvalue weighted by atomic mass is 9.87. The summed E-state index contributed by atoms with van der Waals surface area (Å²) in [6.07, 6.45) is -4.08. The lowest BCUT2D eigenvalue weighted by molar-refractivity contribution is -0.231. The molecule has 2 heterocycles. The number of halogens is 1. The van der Waals surface area contributed by atoms with E-state index < -0.39 is 37.1 Å². The van der Waals surface area contributed by atoms with Gasteiger partial charge in [0.2, 0.25) is 0 Å². The van der Waals surface area contributed by atoms with E-state index in [-0.39, 0.29) is 0 Å². The summed E-state index contributed by atoms with van der Waals surface area (Å²) in [5.41, 5.74) is 3.28. The van der Waals surface area contributed by atoms with Gasteiger partial charge in [0.05, 0.1) is 24.8 Å². The highest BCUT2D eigenvalue weighted by molar-refractivity contribution is 6.33. The molecule has 0 bridgehead atoms. The molecule has 0 amide bonds.